The fourth-order valence-corrected chi connectivity index (χ4v) is 1.92. The van der Waals surface area contributed by atoms with Crippen LogP contribution in [0.5, 0.6) is 0 Å². The molecule has 0 aromatic carbocycles. The highest BCUT2D eigenvalue weighted by Gasteiger charge is 2.63. The SMILES string of the molecule is COC(=O)c1ccc(C(C)NC2(C(F)(F)F)CC2)o1. The molecule has 0 amide bonds. The molecule has 1 N–H and O–H groups in total. The van der Waals surface area contributed by atoms with E-state index in [9.17, 15) is 18.0 Å². The quantitative estimate of drug-likeness (QED) is 0.860. The Morgan fingerprint density at radius 1 is 1.47 bits per heavy atom. The molecule has 0 bridgehead atoms. The summed E-state index contributed by atoms with van der Waals surface area (Å²) in [6, 6.07) is 2.21. The van der Waals surface area contributed by atoms with Gasteiger partial charge in [0.1, 0.15) is 11.3 Å². The highest BCUT2D eigenvalue weighted by Crippen LogP contribution is 2.50. The first-order chi connectivity index (χ1) is 8.79. The monoisotopic (exact) mass is 277 g/mol. The fourth-order valence-electron chi connectivity index (χ4n) is 1.92. The first-order valence-corrected chi connectivity index (χ1v) is 5.81. The van der Waals surface area contributed by atoms with Gasteiger partial charge < -0.3 is 9.15 Å². The molecule has 0 radical (unpaired) electrons. The van der Waals surface area contributed by atoms with Crippen LogP contribution >= 0.6 is 0 Å². The summed E-state index contributed by atoms with van der Waals surface area (Å²) in [5, 5.41) is 2.52. The van der Waals surface area contributed by atoms with Gasteiger partial charge in [0.15, 0.2) is 0 Å². The van der Waals surface area contributed by atoms with Crippen LogP contribution in [0.3, 0.4) is 0 Å². The van der Waals surface area contributed by atoms with E-state index in [1.807, 2.05) is 0 Å². The second-order valence-electron chi connectivity index (χ2n) is 4.64. The zero-order valence-electron chi connectivity index (χ0n) is 10.5. The zero-order chi connectivity index (χ0) is 14.3. The predicted octanol–water partition coefficient (Wildman–Crippen LogP) is 2.81. The highest BCUT2D eigenvalue weighted by atomic mass is 19.4. The number of esters is 1. The van der Waals surface area contributed by atoms with Crippen molar-refractivity contribution in [3.05, 3.63) is 23.7 Å². The van der Waals surface area contributed by atoms with Crippen molar-refractivity contribution in [2.45, 2.75) is 37.5 Å². The van der Waals surface area contributed by atoms with Gasteiger partial charge in [-0.2, -0.15) is 13.2 Å². The van der Waals surface area contributed by atoms with E-state index in [-0.39, 0.29) is 24.4 Å². The molecule has 1 atom stereocenters. The van der Waals surface area contributed by atoms with E-state index in [0.29, 0.717) is 0 Å². The van der Waals surface area contributed by atoms with Crippen LogP contribution in [-0.4, -0.2) is 24.8 Å². The Morgan fingerprint density at radius 3 is 2.58 bits per heavy atom. The predicted molar refractivity (Wildman–Crippen MR) is 59.6 cm³/mol. The molecule has 1 aromatic rings. The van der Waals surface area contributed by atoms with Crippen molar-refractivity contribution in [1.29, 1.82) is 0 Å². The lowest BCUT2D eigenvalue weighted by atomic mass is 10.2. The summed E-state index contributed by atoms with van der Waals surface area (Å²) in [5.74, 6) is -0.408. The van der Waals surface area contributed by atoms with Crippen LogP contribution in [0.2, 0.25) is 0 Å². The Kier molecular flexibility index (Phi) is 3.34. The second kappa shape index (κ2) is 4.56. The molecular formula is C12H14F3NO3. The molecule has 1 aliphatic carbocycles. The van der Waals surface area contributed by atoms with Crippen LogP contribution in [0.25, 0.3) is 0 Å². The summed E-state index contributed by atoms with van der Waals surface area (Å²) in [5.41, 5.74) is -1.81. The van der Waals surface area contributed by atoms with Gasteiger partial charge in [0.2, 0.25) is 5.76 Å². The Labute approximate surface area is 107 Å². The lowest BCUT2D eigenvalue weighted by Gasteiger charge is -2.24. The van der Waals surface area contributed by atoms with Gasteiger partial charge in [0.25, 0.3) is 0 Å². The van der Waals surface area contributed by atoms with Crippen molar-refractivity contribution >= 4 is 5.97 Å². The van der Waals surface area contributed by atoms with Crippen molar-refractivity contribution in [3.63, 3.8) is 0 Å². The number of alkyl halides is 3. The summed E-state index contributed by atoms with van der Waals surface area (Å²) in [7, 11) is 1.20. The molecule has 1 unspecified atom stereocenters. The number of carbonyl (C=O) groups is 1. The van der Waals surface area contributed by atoms with Gasteiger partial charge in [-0.05, 0) is 31.9 Å². The molecule has 0 aliphatic heterocycles. The van der Waals surface area contributed by atoms with Crippen LogP contribution in [0.4, 0.5) is 13.2 Å². The Bertz CT molecular complexity index is 477. The Morgan fingerprint density at radius 2 is 2.11 bits per heavy atom. The van der Waals surface area contributed by atoms with Crippen LogP contribution < -0.4 is 5.32 Å². The van der Waals surface area contributed by atoms with E-state index >= 15 is 0 Å². The van der Waals surface area contributed by atoms with E-state index in [1.165, 1.54) is 19.2 Å². The lowest BCUT2D eigenvalue weighted by molar-refractivity contribution is -0.168. The third kappa shape index (κ3) is 2.60. The number of halogens is 3. The molecular weight excluding hydrogens is 263 g/mol. The first-order valence-electron chi connectivity index (χ1n) is 5.81. The van der Waals surface area contributed by atoms with Gasteiger partial charge in [0, 0.05) is 0 Å². The Hall–Kier alpha value is -1.50. The van der Waals surface area contributed by atoms with Gasteiger partial charge in [-0.3, -0.25) is 5.32 Å². The number of carbonyl (C=O) groups excluding carboxylic acids is 1. The average Bonchev–Trinajstić information content (AvgIpc) is 2.95. The molecule has 106 valence electrons. The number of methoxy groups -OCH3 is 1. The zero-order valence-corrected chi connectivity index (χ0v) is 10.5. The molecule has 1 aliphatic rings. The second-order valence-corrected chi connectivity index (χ2v) is 4.64. The van der Waals surface area contributed by atoms with Crippen molar-refractivity contribution in [2.75, 3.05) is 7.11 Å². The van der Waals surface area contributed by atoms with E-state index in [2.05, 4.69) is 10.1 Å². The first kappa shape index (κ1) is 13.9. The van der Waals surface area contributed by atoms with Crippen LogP contribution in [-0.2, 0) is 4.74 Å². The van der Waals surface area contributed by atoms with Crippen LogP contribution in [0.15, 0.2) is 16.5 Å². The van der Waals surface area contributed by atoms with E-state index in [0.717, 1.165) is 0 Å². The molecule has 0 spiro atoms. The number of nitrogens with one attached hydrogen (secondary N) is 1. The van der Waals surface area contributed by atoms with E-state index in [4.69, 9.17) is 4.42 Å². The lowest BCUT2D eigenvalue weighted by Crippen LogP contribution is -2.45. The van der Waals surface area contributed by atoms with Gasteiger partial charge >= 0.3 is 12.1 Å². The molecule has 7 heteroatoms. The maximum Gasteiger partial charge on any atom is 0.406 e. The minimum absolute atomic E-state index is 0.0250. The molecule has 1 saturated carbocycles. The fraction of sp³-hybridized carbons (Fsp3) is 0.583. The Balaban J connectivity index is 2.07. The maximum absolute atomic E-state index is 12.8. The number of hydrogen-bond donors (Lipinski definition) is 1. The molecule has 0 saturated heterocycles. The molecule has 1 aromatic heterocycles. The molecule has 4 nitrogen and oxygen atoms in total. The van der Waals surface area contributed by atoms with E-state index < -0.39 is 23.7 Å². The molecule has 1 heterocycles. The minimum Gasteiger partial charge on any atom is -0.463 e. The number of hydrogen-bond acceptors (Lipinski definition) is 4. The summed E-state index contributed by atoms with van der Waals surface area (Å²) in [6.07, 6.45) is -4.16. The van der Waals surface area contributed by atoms with Crippen LogP contribution in [0.1, 0.15) is 42.1 Å². The summed E-state index contributed by atoms with van der Waals surface area (Å²) < 4.78 is 48.0. The molecule has 19 heavy (non-hydrogen) atoms. The molecule has 2 rings (SSSR count). The van der Waals surface area contributed by atoms with Gasteiger partial charge in [0.05, 0.1) is 13.2 Å². The number of rotatable bonds is 4. The third-order valence-corrected chi connectivity index (χ3v) is 3.23. The van der Waals surface area contributed by atoms with Gasteiger partial charge in [-0.1, -0.05) is 0 Å². The van der Waals surface area contributed by atoms with E-state index in [1.54, 1.807) is 6.92 Å². The smallest absolute Gasteiger partial charge is 0.406 e. The number of furan rings is 1. The number of ether oxygens (including phenoxy) is 1. The van der Waals surface area contributed by atoms with Crippen molar-refractivity contribution < 1.29 is 27.1 Å². The highest BCUT2D eigenvalue weighted by molar-refractivity contribution is 5.86. The normalized spacial score (nSPS) is 19.0. The maximum atomic E-state index is 12.8. The summed E-state index contributed by atoms with van der Waals surface area (Å²) in [6.45, 7) is 1.56. The van der Waals surface area contributed by atoms with Gasteiger partial charge in [-0.15, -0.1) is 0 Å². The minimum atomic E-state index is -4.28. The summed E-state index contributed by atoms with van der Waals surface area (Å²) in [4.78, 5) is 11.2. The van der Waals surface area contributed by atoms with Crippen molar-refractivity contribution in [3.8, 4) is 0 Å². The summed E-state index contributed by atoms with van der Waals surface area (Å²) >= 11 is 0. The van der Waals surface area contributed by atoms with Crippen LogP contribution in [0, 0.1) is 0 Å². The van der Waals surface area contributed by atoms with Gasteiger partial charge in [-0.25, -0.2) is 4.79 Å². The average molecular weight is 277 g/mol. The van der Waals surface area contributed by atoms with Crippen molar-refractivity contribution in [1.82, 2.24) is 5.32 Å². The van der Waals surface area contributed by atoms with Crippen molar-refractivity contribution in [2.24, 2.45) is 0 Å². The molecule has 1 fully saturated rings. The topological polar surface area (TPSA) is 51.5 Å². The third-order valence-electron chi connectivity index (χ3n) is 3.23. The standard InChI is InChI=1S/C12H14F3NO3/c1-7(16-11(5-6-11)12(13,14)15)8-3-4-9(19-8)10(17)18-2/h3-4,7,16H,5-6H2,1-2H3. The largest absolute Gasteiger partial charge is 0.463 e.